The molecule has 2 N–H and O–H groups in total. The van der Waals surface area contributed by atoms with E-state index in [1.807, 2.05) is 25.3 Å². The van der Waals surface area contributed by atoms with Gasteiger partial charge in [-0.25, -0.2) is 9.37 Å². The molecule has 0 saturated carbocycles. The fourth-order valence-corrected chi connectivity index (χ4v) is 2.23. The van der Waals surface area contributed by atoms with Crippen LogP contribution in [0.1, 0.15) is 5.56 Å². The third-order valence-electron chi connectivity index (χ3n) is 3.01. The molecular weight excluding hydrogens is 265 g/mol. The van der Waals surface area contributed by atoms with Crippen molar-refractivity contribution in [2.75, 3.05) is 5.73 Å². The first-order valence-corrected chi connectivity index (χ1v) is 6.14. The normalized spacial score (nSPS) is 11.1. The van der Waals surface area contributed by atoms with Gasteiger partial charge >= 0.3 is 0 Å². The molecule has 3 aromatic rings. The van der Waals surface area contributed by atoms with Gasteiger partial charge in [0, 0.05) is 11.8 Å². The standard InChI is InChI=1S/C14H11ClFN3/c1-8-5-6-11-18-13(14(17)19(11)7-8)9-3-2-4-10(15)12(9)16/h2-7H,17H2,1H3. The molecule has 3 nitrogen and oxygen atoms in total. The summed E-state index contributed by atoms with van der Waals surface area (Å²) < 4.78 is 15.8. The first-order chi connectivity index (χ1) is 9.08. The SMILES string of the molecule is Cc1ccc2nc(-c3cccc(Cl)c3F)c(N)n2c1. The van der Waals surface area contributed by atoms with E-state index in [1.54, 1.807) is 16.5 Å². The molecule has 96 valence electrons. The Morgan fingerprint density at radius 3 is 2.84 bits per heavy atom. The van der Waals surface area contributed by atoms with Crippen LogP contribution in [0.5, 0.6) is 0 Å². The number of anilines is 1. The molecule has 0 unspecified atom stereocenters. The summed E-state index contributed by atoms with van der Waals surface area (Å²) in [5.74, 6) is -0.101. The molecule has 0 amide bonds. The van der Waals surface area contributed by atoms with Gasteiger partial charge in [-0.05, 0) is 30.7 Å². The summed E-state index contributed by atoms with van der Waals surface area (Å²) in [6.45, 7) is 1.96. The molecule has 5 heteroatoms. The van der Waals surface area contributed by atoms with Gasteiger partial charge in [0.25, 0.3) is 0 Å². The number of benzene rings is 1. The van der Waals surface area contributed by atoms with Crippen LogP contribution in [-0.2, 0) is 0 Å². The molecule has 0 spiro atoms. The predicted octanol–water partition coefficient (Wildman–Crippen LogP) is 3.68. The van der Waals surface area contributed by atoms with Gasteiger partial charge in [0.1, 0.15) is 17.2 Å². The first kappa shape index (κ1) is 12.0. The van der Waals surface area contributed by atoms with E-state index >= 15 is 0 Å². The minimum Gasteiger partial charge on any atom is -0.383 e. The molecule has 0 aliphatic rings. The zero-order valence-electron chi connectivity index (χ0n) is 10.2. The molecule has 0 atom stereocenters. The topological polar surface area (TPSA) is 43.3 Å². The highest BCUT2D eigenvalue weighted by atomic mass is 35.5. The number of aromatic nitrogens is 2. The molecule has 3 rings (SSSR count). The van der Waals surface area contributed by atoms with E-state index in [-0.39, 0.29) is 5.02 Å². The van der Waals surface area contributed by atoms with Crippen LogP contribution >= 0.6 is 11.6 Å². The summed E-state index contributed by atoms with van der Waals surface area (Å²) >= 11 is 5.79. The lowest BCUT2D eigenvalue weighted by molar-refractivity contribution is 0.631. The second-order valence-electron chi connectivity index (χ2n) is 4.38. The molecule has 0 bridgehead atoms. The minimum atomic E-state index is -0.504. The van der Waals surface area contributed by atoms with Crippen molar-refractivity contribution in [3.05, 3.63) is 52.9 Å². The number of nitrogens with zero attached hydrogens (tertiary/aromatic N) is 2. The summed E-state index contributed by atoms with van der Waals surface area (Å²) in [5, 5.41) is 0.0603. The van der Waals surface area contributed by atoms with E-state index in [0.29, 0.717) is 22.7 Å². The molecule has 0 fully saturated rings. The first-order valence-electron chi connectivity index (χ1n) is 5.76. The molecule has 2 aromatic heterocycles. The third kappa shape index (κ3) is 1.85. The van der Waals surface area contributed by atoms with Crippen molar-refractivity contribution in [3.63, 3.8) is 0 Å². The van der Waals surface area contributed by atoms with Gasteiger partial charge in [-0.15, -0.1) is 0 Å². The Morgan fingerprint density at radius 1 is 1.26 bits per heavy atom. The van der Waals surface area contributed by atoms with Gasteiger partial charge in [-0.3, -0.25) is 4.40 Å². The number of pyridine rings is 1. The molecular formula is C14H11ClFN3. The van der Waals surface area contributed by atoms with Crippen molar-refractivity contribution in [2.24, 2.45) is 0 Å². The van der Waals surface area contributed by atoms with Crippen molar-refractivity contribution < 1.29 is 4.39 Å². The number of aryl methyl sites for hydroxylation is 1. The highest BCUT2D eigenvalue weighted by Gasteiger charge is 2.16. The zero-order valence-corrected chi connectivity index (χ0v) is 10.9. The summed E-state index contributed by atoms with van der Waals surface area (Å²) in [5.41, 5.74) is 8.50. The van der Waals surface area contributed by atoms with Crippen molar-refractivity contribution >= 4 is 23.1 Å². The number of hydrogen-bond donors (Lipinski definition) is 1. The lowest BCUT2D eigenvalue weighted by atomic mass is 10.1. The summed E-state index contributed by atoms with van der Waals surface area (Å²) in [7, 11) is 0. The summed E-state index contributed by atoms with van der Waals surface area (Å²) in [6.07, 6.45) is 1.86. The summed E-state index contributed by atoms with van der Waals surface area (Å²) in [6, 6.07) is 8.57. The number of imidazole rings is 1. The molecule has 0 saturated heterocycles. The monoisotopic (exact) mass is 275 g/mol. The molecule has 2 heterocycles. The fourth-order valence-electron chi connectivity index (χ4n) is 2.05. The van der Waals surface area contributed by atoms with Crippen LogP contribution in [0, 0.1) is 12.7 Å². The van der Waals surface area contributed by atoms with Crippen molar-refractivity contribution in [1.29, 1.82) is 0 Å². The smallest absolute Gasteiger partial charge is 0.151 e. The molecule has 19 heavy (non-hydrogen) atoms. The largest absolute Gasteiger partial charge is 0.383 e. The van der Waals surface area contributed by atoms with Gasteiger partial charge in [0.15, 0.2) is 5.82 Å². The zero-order chi connectivity index (χ0) is 13.6. The predicted molar refractivity (Wildman–Crippen MR) is 74.7 cm³/mol. The molecule has 0 aliphatic heterocycles. The van der Waals surface area contributed by atoms with Crippen LogP contribution in [0.15, 0.2) is 36.5 Å². The van der Waals surface area contributed by atoms with Crippen LogP contribution in [0.25, 0.3) is 16.9 Å². The van der Waals surface area contributed by atoms with Crippen LogP contribution < -0.4 is 5.73 Å². The van der Waals surface area contributed by atoms with Gasteiger partial charge in [0.05, 0.1) is 5.02 Å². The van der Waals surface area contributed by atoms with Crippen molar-refractivity contribution in [3.8, 4) is 11.3 Å². The van der Waals surface area contributed by atoms with Crippen LogP contribution in [0.3, 0.4) is 0 Å². The Hall–Kier alpha value is -2.07. The Balaban J connectivity index is 2.31. The van der Waals surface area contributed by atoms with Crippen LogP contribution in [-0.4, -0.2) is 9.38 Å². The average molecular weight is 276 g/mol. The lowest BCUT2D eigenvalue weighted by Crippen LogP contribution is -1.95. The maximum Gasteiger partial charge on any atom is 0.151 e. The Labute approximate surface area is 114 Å². The Kier molecular flexibility index (Phi) is 2.68. The van der Waals surface area contributed by atoms with Gasteiger partial charge in [0.2, 0.25) is 0 Å². The second kappa shape index (κ2) is 4.24. The van der Waals surface area contributed by atoms with E-state index in [0.717, 1.165) is 5.56 Å². The van der Waals surface area contributed by atoms with Crippen molar-refractivity contribution in [2.45, 2.75) is 6.92 Å². The number of nitrogen functional groups attached to an aromatic ring is 1. The number of nitrogens with two attached hydrogens (primary N) is 1. The number of hydrogen-bond acceptors (Lipinski definition) is 2. The van der Waals surface area contributed by atoms with Gasteiger partial charge in [-0.2, -0.15) is 0 Å². The van der Waals surface area contributed by atoms with E-state index in [9.17, 15) is 4.39 Å². The fraction of sp³-hybridized carbons (Fsp3) is 0.0714. The second-order valence-corrected chi connectivity index (χ2v) is 4.79. The van der Waals surface area contributed by atoms with Gasteiger partial charge in [-0.1, -0.05) is 23.7 Å². The highest BCUT2D eigenvalue weighted by molar-refractivity contribution is 6.31. The number of fused-ring (bicyclic) bond motifs is 1. The average Bonchev–Trinajstić information content (AvgIpc) is 2.70. The maximum absolute atomic E-state index is 14.0. The van der Waals surface area contributed by atoms with Crippen LogP contribution in [0.4, 0.5) is 10.2 Å². The lowest BCUT2D eigenvalue weighted by Gasteiger charge is -2.02. The molecule has 0 radical (unpaired) electrons. The summed E-state index contributed by atoms with van der Waals surface area (Å²) in [4.78, 5) is 4.36. The Bertz CT molecular complexity index is 780. The number of rotatable bonds is 1. The number of halogens is 2. The van der Waals surface area contributed by atoms with E-state index < -0.39 is 5.82 Å². The Morgan fingerprint density at radius 2 is 2.05 bits per heavy atom. The quantitative estimate of drug-likeness (QED) is 0.736. The van der Waals surface area contributed by atoms with Crippen LogP contribution in [0.2, 0.25) is 5.02 Å². The van der Waals surface area contributed by atoms with E-state index in [1.165, 1.54) is 6.07 Å². The third-order valence-corrected chi connectivity index (χ3v) is 3.30. The molecule has 1 aromatic carbocycles. The minimum absolute atomic E-state index is 0.0603. The van der Waals surface area contributed by atoms with Crippen molar-refractivity contribution in [1.82, 2.24) is 9.38 Å². The highest BCUT2D eigenvalue weighted by Crippen LogP contribution is 2.31. The maximum atomic E-state index is 14.0. The van der Waals surface area contributed by atoms with E-state index in [4.69, 9.17) is 17.3 Å². The van der Waals surface area contributed by atoms with E-state index in [2.05, 4.69) is 4.98 Å². The molecule has 0 aliphatic carbocycles. The van der Waals surface area contributed by atoms with Gasteiger partial charge < -0.3 is 5.73 Å².